The topological polar surface area (TPSA) is 96.2 Å². The lowest BCUT2D eigenvalue weighted by Gasteiger charge is -2.31. The van der Waals surface area contributed by atoms with E-state index < -0.39 is 0 Å². The maximum atomic E-state index is 12.8. The Morgan fingerprint density at radius 3 is 2.66 bits per heavy atom. The van der Waals surface area contributed by atoms with Crippen LogP contribution in [-0.4, -0.2) is 60.7 Å². The number of aliphatic hydroxyl groups excluding tert-OH is 1. The molecule has 3 aromatic rings. The maximum Gasteiger partial charge on any atom is 0.265 e. The standard InChI is InChI=1S/C26H36N6O2S/c1-3-4-17(2)29-26-28-13-21-22(15-32(24(21)30-26)19-5-7-20(33)8-6-19)18-9-11-31(12-10-18)25(34)23-14-27-16-35-23/h13-20,33H,3-12H2,1-2H3,(H,28,29,30). The molecule has 8 nitrogen and oxygen atoms in total. The summed E-state index contributed by atoms with van der Waals surface area (Å²) < 4.78 is 2.35. The summed E-state index contributed by atoms with van der Waals surface area (Å²) in [6.07, 6.45) is 13.4. The summed E-state index contributed by atoms with van der Waals surface area (Å²) in [7, 11) is 0. The number of anilines is 1. The Kier molecular flexibility index (Phi) is 7.34. The lowest BCUT2D eigenvalue weighted by atomic mass is 9.89. The average molecular weight is 497 g/mol. The number of hydrogen-bond acceptors (Lipinski definition) is 7. The molecule has 2 fully saturated rings. The molecule has 3 aromatic heterocycles. The number of hydrogen-bond donors (Lipinski definition) is 2. The van der Waals surface area contributed by atoms with Gasteiger partial charge in [-0.15, -0.1) is 11.3 Å². The second-order valence-electron chi connectivity index (χ2n) is 10.2. The molecule has 4 heterocycles. The van der Waals surface area contributed by atoms with Gasteiger partial charge in [-0.2, -0.15) is 4.98 Å². The molecule has 0 spiro atoms. The normalized spacial score (nSPS) is 22.4. The van der Waals surface area contributed by atoms with E-state index in [1.54, 1.807) is 11.7 Å². The minimum Gasteiger partial charge on any atom is -0.393 e. The predicted molar refractivity (Wildman–Crippen MR) is 139 cm³/mol. The molecule has 2 aliphatic rings. The summed E-state index contributed by atoms with van der Waals surface area (Å²) in [6, 6.07) is 0.670. The molecule has 0 radical (unpaired) electrons. The van der Waals surface area contributed by atoms with Gasteiger partial charge in [0.05, 0.1) is 17.8 Å². The number of piperidine rings is 1. The summed E-state index contributed by atoms with van der Waals surface area (Å²) >= 11 is 1.41. The third-order valence-electron chi connectivity index (χ3n) is 7.62. The quantitative estimate of drug-likeness (QED) is 0.479. The van der Waals surface area contributed by atoms with E-state index in [0.717, 1.165) is 75.5 Å². The van der Waals surface area contributed by atoms with Crippen molar-refractivity contribution >= 4 is 34.2 Å². The SMILES string of the molecule is CCCC(C)Nc1ncc2c(C3CCN(C(=O)c4cncs4)CC3)cn(C3CCC(O)CC3)c2n1. The number of amides is 1. The van der Waals surface area contributed by atoms with E-state index in [1.807, 2.05) is 11.1 Å². The molecule has 1 aliphatic carbocycles. The molecule has 1 amide bonds. The zero-order valence-electron chi connectivity index (χ0n) is 20.7. The van der Waals surface area contributed by atoms with Gasteiger partial charge in [0.2, 0.25) is 5.95 Å². The van der Waals surface area contributed by atoms with E-state index in [9.17, 15) is 9.90 Å². The van der Waals surface area contributed by atoms with Crippen molar-refractivity contribution in [2.45, 2.75) is 89.3 Å². The Morgan fingerprint density at radius 2 is 1.97 bits per heavy atom. The van der Waals surface area contributed by atoms with E-state index in [-0.39, 0.29) is 12.0 Å². The smallest absolute Gasteiger partial charge is 0.265 e. The fourth-order valence-electron chi connectivity index (χ4n) is 5.66. The van der Waals surface area contributed by atoms with Crippen LogP contribution in [0.25, 0.3) is 11.0 Å². The molecule has 1 saturated heterocycles. The van der Waals surface area contributed by atoms with Crippen LogP contribution >= 0.6 is 11.3 Å². The van der Waals surface area contributed by atoms with Crippen LogP contribution in [0.3, 0.4) is 0 Å². The largest absolute Gasteiger partial charge is 0.393 e. The second kappa shape index (κ2) is 10.6. The van der Waals surface area contributed by atoms with Gasteiger partial charge in [0.15, 0.2) is 0 Å². The number of thiazole rings is 1. The van der Waals surface area contributed by atoms with Gasteiger partial charge < -0.3 is 19.9 Å². The summed E-state index contributed by atoms with van der Waals surface area (Å²) in [6.45, 7) is 5.86. The third-order valence-corrected chi connectivity index (χ3v) is 8.39. The molecule has 0 bridgehead atoms. The molecule has 35 heavy (non-hydrogen) atoms. The first-order valence-electron chi connectivity index (χ1n) is 13.0. The lowest BCUT2D eigenvalue weighted by molar-refractivity contribution is 0.0717. The van der Waals surface area contributed by atoms with Crippen molar-refractivity contribution < 1.29 is 9.90 Å². The first-order chi connectivity index (χ1) is 17.0. The van der Waals surface area contributed by atoms with Crippen LogP contribution in [0.4, 0.5) is 5.95 Å². The van der Waals surface area contributed by atoms with Crippen molar-refractivity contribution in [3.05, 3.63) is 34.5 Å². The van der Waals surface area contributed by atoms with E-state index in [1.165, 1.54) is 16.9 Å². The fraction of sp³-hybridized carbons (Fsp3) is 0.615. The maximum absolute atomic E-state index is 12.8. The summed E-state index contributed by atoms with van der Waals surface area (Å²) in [5, 5.41) is 14.6. The van der Waals surface area contributed by atoms with Gasteiger partial charge in [0.1, 0.15) is 10.5 Å². The number of carbonyl (C=O) groups excluding carboxylic acids is 1. The zero-order valence-corrected chi connectivity index (χ0v) is 21.5. The van der Waals surface area contributed by atoms with Crippen molar-refractivity contribution in [3.8, 4) is 0 Å². The molecule has 9 heteroatoms. The van der Waals surface area contributed by atoms with Gasteiger partial charge in [-0.05, 0) is 63.4 Å². The highest BCUT2D eigenvalue weighted by Crippen LogP contribution is 2.38. The van der Waals surface area contributed by atoms with Gasteiger partial charge >= 0.3 is 0 Å². The van der Waals surface area contributed by atoms with Gasteiger partial charge in [0.25, 0.3) is 5.91 Å². The van der Waals surface area contributed by atoms with Crippen LogP contribution < -0.4 is 5.32 Å². The Morgan fingerprint density at radius 1 is 1.20 bits per heavy atom. The molecule has 1 aliphatic heterocycles. The fourth-order valence-corrected chi connectivity index (χ4v) is 6.25. The van der Waals surface area contributed by atoms with Crippen LogP contribution in [0.15, 0.2) is 24.1 Å². The second-order valence-corrected chi connectivity index (χ2v) is 11.0. The Hall–Kier alpha value is -2.52. The number of nitrogens with zero attached hydrogens (tertiary/aromatic N) is 5. The van der Waals surface area contributed by atoms with Gasteiger partial charge in [0, 0.05) is 43.0 Å². The summed E-state index contributed by atoms with van der Waals surface area (Å²) in [5.74, 6) is 1.15. The van der Waals surface area contributed by atoms with Crippen molar-refractivity contribution in [2.75, 3.05) is 18.4 Å². The Balaban J connectivity index is 1.40. The summed E-state index contributed by atoms with van der Waals surface area (Å²) in [4.78, 5) is 29.2. The Labute approximate surface area is 210 Å². The van der Waals surface area contributed by atoms with Gasteiger partial charge in [-0.3, -0.25) is 9.78 Å². The number of aromatic nitrogens is 4. The van der Waals surface area contributed by atoms with Gasteiger partial charge in [-0.25, -0.2) is 4.98 Å². The van der Waals surface area contributed by atoms with Crippen LogP contribution in [0.2, 0.25) is 0 Å². The van der Waals surface area contributed by atoms with E-state index >= 15 is 0 Å². The van der Waals surface area contributed by atoms with Crippen LogP contribution in [-0.2, 0) is 0 Å². The van der Waals surface area contributed by atoms with Crippen LogP contribution in [0, 0.1) is 0 Å². The molecule has 1 unspecified atom stereocenters. The molecular formula is C26H36N6O2S. The molecule has 1 atom stereocenters. The number of carbonyl (C=O) groups is 1. The monoisotopic (exact) mass is 496 g/mol. The highest BCUT2D eigenvalue weighted by Gasteiger charge is 2.30. The van der Waals surface area contributed by atoms with Crippen molar-refractivity contribution in [3.63, 3.8) is 0 Å². The zero-order chi connectivity index (χ0) is 24.4. The third kappa shape index (κ3) is 5.21. The van der Waals surface area contributed by atoms with E-state index in [0.29, 0.717) is 28.8 Å². The molecule has 5 rings (SSSR count). The average Bonchev–Trinajstić information content (AvgIpc) is 3.53. The molecule has 2 N–H and O–H groups in total. The number of fused-ring (bicyclic) bond motifs is 1. The molecule has 1 saturated carbocycles. The predicted octanol–water partition coefficient (Wildman–Crippen LogP) is 4.98. The van der Waals surface area contributed by atoms with E-state index in [4.69, 9.17) is 4.98 Å². The van der Waals surface area contributed by atoms with Crippen LogP contribution in [0.5, 0.6) is 0 Å². The van der Waals surface area contributed by atoms with Crippen molar-refractivity contribution in [2.24, 2.45) is 0 Å². The number of nitrogens with one attached hydrogen (secondary N) is 1. The molecular weight excluding hydrogens is 460 g/mol. The minimum absolute atomic E-state index is 0.0920. The van der Waals surface area contributed by atoms with Crippen molar-refractivity contribution in [1.82, 2.24) is 24.4 Å². The summed E-state index contributed by atoms with van der Waals surface area (Å²) in [5.41, 5.74) is 4.00. The highest BCUT2D eigenvalue weighted by atomic mass is 32.1. The number of rotatable bonds is 7. The van der Waals surface area contributed by atoms with Crippen LogP contribution in [0.1, 0.15) is 92.4 Å². The number of aliphatic hydroxyl groups is 1. The number of likely N-dealkylation sites (tertiary alicyclic amines) is 1. The van der Waals surface area contributed by atoms with Gasteiger partial charge in [-0.1, -0.05) is 13.3 Å². The van der Waals surface area contributed by atoms with Crippen molar-refractivity contribution in [1.29, 1.82) is 0 Å². The first kappa shape index (κ1) is 24.2. The Bertz CT molecular complexity index is 1130. The first-order valence-corrected chi connectivity index (χ1v) is 13.9. The van der Waals surface area contributed by atoms with E-state index in [2.05, 4.69) is 39.9 Å². The molecule has 188 valence electrons. The lowest BCUT2D eigenvalue weighted by Crippen LogP contribution is -2.37. The molecule has 0 aromatic carbocycles. The highest BCUT2D eigenvalue weighted by molar-refractivity contribution is 7.11. The minimum atomic E-state index is -0.185.